The Morgan fingerprint density at radius 3 is 1.52 bits per heavy atom. The summed E-state index contributed by atoms with van der Waals surface area (Å²) in [7, 11) is 5.93. The fourth-order valence-electron chi connectivity index (χ4n) is 4.32. The normalized spacial score (nSPS) is 15.4. The molecule has 5 rings (SSSR count). The second-order valence-corrected chi connectivity index (χ2v) is 10.8. The first-order valence-corrected chi connectivity index (χ1v) is 15.4. The summed E-state index contributed by atoms with van der Waals surface area (Å²) in [5.74, 6) is 1.99. The summed E-state index contributed by atoms with van der Waals surface area (Å²) in [5, 5.41) is 55.6. The standard InChI is InChI=1S/C10H14O4.C10H12O3.C10H12O2.C8H8O3/c1-6(11)10(13)7-3-4-8(12)9(5-7)14-2;1-6-10(13-6)7-3-4-8(11)9(5-7)12-2;1-3-4-8-5-6-9(11)10(7-8)12-2;1-11-8-4-6(5-9)2-3-7(8)10/h3-6,10-13H,1-2H3;3-6,10-11H,1-2H3;3-7,11H,1-2H3;2-5,10H,1H3/b;;4-3+;. The first-order chi connectivity index (χ1) is 23.8. The molecule has 1 aliphatic rings. The first kappa shape index (κ1) is 40.7. The lowest BCUT2D eigenvalue weighted by Gasteiger charge is -2.15. The molecule has 4 aromatic carbocycles. The molecule has 0 bridgehead atoms. The van der Waals surface area contributed by atoms with Crippen LogP contribution in [0.4, 0.5) is 0 Å². The monoisotopic (exact) mass is 694 g/mol. The third-order valence-corrected chi connectivity index (χ3v) is 7.15. The summed E-state index contributed by atoms with van der Waals surface area (Å²) in [6.07, 6.45) is 3.22. The van der Waals surface area contributed by atoms with Crippen molar-refractivity contribution < 1.29 is 59.1 Å². The lowest BCUT2D eigenvalue weighted by Crippen LogP contribution is -2.13. The first-order valence-electron chi connectivity index (χ1n) is 15.4. The van der Waals surface area contributed by atoms with Crippen LogP contribution in [0.1, 0.15) is 60.0 Å². The number of hydrogen-bond acceptors (Lipinski definition) is 12. The second-order valence-electron chi connectivity index (χ2n) is 10.8. The number of rotatable bonds is 9. The Balaban J connectivity index is 0.000000232. The van der Waals surface area contributed by atoms with E-state index in [9.17, 15) is 25.2 Å². The van der Waals surface area contributed by atoms with Gasteiger partial charge in [-0.05, 0) is 92.1 Å². The van der Waals surface area contributed by atoms with Gasteiger partial charge in [0.25, 0.3) is 0 Å². The highest BCUT2D eigenvalue weighted by molar-refractivity contribution is 5.76. The van der Waals surface area contributed by atoms with Crippen molar-refractivity contribution in [1.29, 1.82) is 0 Å². The van der Waals surface area contributed by atoms with Gasteiger partial charge < -0.3 is 54.3 Å². The van der Waals surface area contributed by atoms with E-state index < -0.39 is 12.2 Å². The minimum atomic E-state index is -0.968. The van der Waals surface area contributed by atoms with Crippen LogP contribution in [0.5, 0.6) is 46.0 Å². The van der Waals surface area contributed by atoms with E-state index in [4.69, 9.17) is 33.9 Å². The van der Waals surface area contributed by atoms with E-state index >= 15 is 0 Å². The average molecular weight is 695 g/mol. The van der Waals surface area contributed by atoms with Gasteiger partial charge in [-0.1, -0.05) is 30.4 Å². The molecule has 6 N–H and O–H groups in total. The third-order valence-electron chi connectivity index (χ3n) is 7.15. The molecule has 0 amide bonds. The Morgan fingerprint density at radius 1 is 0.660 bits per heavy atom. The number of aromatic hydroxyl groups is 4. The number of ether oxygens (including phenoxy) is 5. The zero-order valence-electron chi connectivity index (χ0n) is 29.1. The van der Waals surface area contributed by atoms with Crippen molar-refractivity contribution in [1.82, 2.24) is 0 Å². The van der Waals surface area contributed by atoms with Gasteiger partial charge >= 0.3 is 0 Å². The van der Waals surface area contributed by atoms with E-state index in [2.05, 4.69) is 0 Å². The molecule has 4 unspecified atom stereocenters. The summed E-state index contributed by atoms with van der Waals surface area (Å²) in [5.41, 5.74) is 3.07. The average Bonchev–Trinajstić information content (AvgIpc) is 3.86. The molecule has 0 radical (unpaired) electrons. The number of methoxy groups -OCH3 is 4. The van der Waals surface area contributed by atoms with Gasteiger partial charge in [0.2, 0.25) is 0 Å². The Kier molecular flexibility index (Phi) is 16.4. The van der Waals surface area contributed by atoms with E-state index in [1.807, 2.05) is 44.2 Å². The van der Waals surface area contributed by atoms with Gasteiger partial charge in [0.15, 0.2) is 46.0 Å². The quantitative estimate of drug-likeness (QED) is 0.0846. The minimum Gasteiger partial charge on any atom is -0.504 e. The summed E-state index contributed by atoms with van der Waals surface area (Å²) in [4.78, 5) is 10.2. The van der Waals surface area contributed by atoms with Gasteiger partial charge in [-0.3, -0.25) is 4.79 Å². The number of phenols is 4. The molecular weight excluding hydrogens is 648 g/mol. The molecule has 1 saturated heterocycles. The van der Waals surface area contributed by atoms with Crippen LogP contribution in [0, 0.1) is 0 Å². The molecule has 270 valence electrons. The number of aldehydes is 1. The maximum absolute atomic E-state index is 10.2. The number of hydrogen-bond donors (Lipinski definition) is 6. The molecule has 1 aliphatic heterocycles. The Labute approximate surface area is 292 Å². The third kappa shape index (κ3) is 12.2. The van der Waals surface area contributed by atoms with Crippen molar-refractivity contribution in [3.63, 3.8) is 0 Å². The van der Waals surface area contributed by atoms with E-state index in [0.717, 1.165) is 11.1 Å². The molecule has 0 aromatic heterocycles. The van der Waals surface area contributed by atoms with Crippen LogP contribution < -0.4 is 18.9 Å². The van der Waals surface area contributed by atoms with E-state index in [1.165, 1.54) is 71.8 Å². The van der Waals surface area contributed by atoms with Crippen LogP contribution >= 0.6 is 0 Å². The van der Waals surface area contributed by atoms with Crippen LogP contribution in [0.15, 0.2) is 78.9 Å². The van der Waals surface area contributed by atoms with Gasteiger partial charge in [-0.2, -0.15) is 0 Å². The Hall–Kier alpha value is -5.43. The Bertz CT molecular complexity index is 1680. The summed E-state index contributed by atoms with van der Waals surface area (Å²) >= 11 is 0. The van der Waals surface area contributed by atoms with Gasteiger partial charge in [-0.15, -0.1) is 0 Å². The van der Waals surface area contributed by atoms with E-state index in [-0.39, 0.29) is 41.0 Å². The van der Waals surface area contributed by atoms with Gasteiger partial charge in [-0.25, -0.2) is 0 Å². The number of carbonyl (C=O) groups is 1. The van der Waals surface area contributed by atoms with Crippen LogP contribution in [0.2, 0.25) is 0 Å². The SMILES string of the molecule is C/C=C/c1ccc(O)c(OC)c1.COc1cc(C(O)C(C)O)ccc1O.COc1cc(C2OC2C)ccc1O.COc1cc(C=O)ccc1O. The summed E-state index contributed by atoms with van der Waals surface area (Å²) < 4.78 is 24.9. The lowest BCUT2D eigenvalue weighted by molar-refractivity contribution is 0.0304. The van der Waals surface area contributed by atoms with Crippen molar-refractivity contribution >= 4 is 12.4 Å². The minimum absolute atomic E-state index is 0.00837. The summed E-state index contributed by atoms with van der Waals surface area (Å²) in [6, 6.07) is 19.4. The maximum atomic E-state index is 10.2. The number of epoxide rings is 1. The fourth-order valence-corrected chi connectivity index (χ4v) is 4.32. The second kappa shape index (κ2) is 20.2. The predicted molar refractivity (Wildman–Crippen MR) is 189 cm³/mol. The highest BCUT2D eigenvalue weighted by Crippen LogP contribution is 2.41. The van der Waals surface area contributed by atoms with Gasteiger partial charge in [0.05, 0.1) is 40.6 Å². The van der Waals surface area contributed by atoms with E-state index in [1.54, 1.807) is 18.2 Å². The highest BCUT2D eigenvalue weighted by atomic mass is 16.6. The maximum Gasteiger partial charge on any atom is 0.161 e. The van der Waals surface area contributed by atoms with E-state index in [0.29, 0.717) is 34.7 Å². The van der Waals surface area contributed by atoms with Crippen molar-refractivity contribution in [2.45, 2.75) is 45.2 Å². The summed E-state index contributed by atoms with van der Waals surface area (Å²) in [6.45, 7) is 5.45. The largest absolute Gasteiger partial charge is 0.504 e. The number of allylic oxidation sites excluding steroid dienone is 1. The smallest absolute Gasteiger partial charge is 0.161 e. The molecule has 12 nitrogen and oxygen atoms in total. The number of aliphatic hydroxyl groups excluding tert-OH is 2. The molecule has 12 heteroatoms. The Morgan fingerprint density at radius 2 is 1.08 bits per heavy atom. The molecule has 0 aliphatic carbocycles. The van der Waals surface area contributed by atoms with Crippen LogP contribution in [0.3, 0.4) is 0 Å². The molecule has 4 atom stereocenters. The fraction of sp³-hybridized carbons (Fsp3) is 0.289. The van der Waals surface area contributed by atoms with Crippen molar-refractivity contribution in [2.24, 2.45) is 0 Å². The zero-order chi connectivity index (χ0) is 37.4. The molecule has 0 saturated carbocycles. The van der Waals surface area contributed by atoms with Gasteiger partial charge in [0.1, 0.15) is 18.5 Å². The van der Waals surface area contributed by atoms with Crippen LogP contribution in [-0.4, -0.2) is 77.6 Å². The zero-order valence-corrected chi connectivity index (χ0v) is 29.1. The lowest BCUT2D eigenvalue weighted by atomic mass is 10.1. The number of carbonyl (C=O) groups excluding carboxylic acids is 1. The van der Waals surface area contributed by atoms with Crippen LogP contribution in [-0.2, 0) is 4.74 Å². The molecule has 1 fully saturated rings. The number of aliphatic hydroxyl groups is 2. The molecule has 50 heavy (non-hydrogen) atoms. The molecular formula is C38H46O12. The van der Waals surface area contributed by atoms with Crippen molar-refractivity contribution in [3.05, 3.63) is 101 Å². The van der Waals surface area contributed by atoms with Gasteiger partial charge in [0, 0.05) is 5.56 Å². The van der Waals surface area contributed by atoms with Crippen LogP contribution in [0.25, 0.3) is 6.08 Å². The number of phenolic OH excluding ortho intramolecular Hbond substituents is 4. The topological polar surface area (TPSA) is 188 Å². The highest BCUT2D eigenvalue weighted by Gasteiger charge is 2.36. The number of benzene rings is 4. The molecule has 0 spiro atoms. The molecule has 1 heterocycles. The van der Waals surface area contributed by atoms with Crippen molar-refractivity contribution in [3.8, 4) is 46.0 Å². The predicted octanol–water partition coefficient (Wildman–Crippen LogP) is 6.32. The molecule has 4 aromatic rings. The van der Waals surface area contributed by atoms with Crippen molar-refractivity contribution in [2.75, 3.05) is 28.4 Å².